The second kappa shape index (κ2) is 4.30. The molecule has 0 aliphatic carbocycles. The first-order valence-corrected chi connectivity index (χ1v) is 2.42. The lowest BCUT2D eigenvalue weighted by molar-refractivity contribution is -0.742. The normalized spacial score (nSPS) is 7.70. The number of aryl methyl sites for hydroxylation is 1. The fourth-order valence-electron chi connectivity index (χ4n) is 0.334. The molecule has 0 spiro atoms. The maximum Gasteiger partial charge on any atom is 0.291 e. The Kier molecular flexibility index (Phi) is 3.62. The highest BCUT2D eigenvalue weighted by atomic mass is 16.9. The third kappa shape index (κ3) is 6.41. The van der Waals surface area contributed by atoms with E-state index in [1.165, 1.54) is 0 Å². The van der Waals surface area contributed by atoms with Crippen molar-refractivity contribution in [3.05, 3.63) is 28.1 Å². The Bertz CT molecular complexity index is 180. The molecule has 0 saturated heterocycles. The molecule has 0 atom stereocenters. The van der Waals surface area contributed by atoms with E-state index >= 15 is 0 Å². The zero-order valence-electron chi connectivity index (χ0n) is 5.31. The van der Waals surface area contributed by atoms with Crippen molar-refractivity contribution in [1.82, 2.24) is 10.2 Å². The molecule has 0 unspecified atom stereocenters. The van der Waals surface area contributed by atoms with Gasteiger partial charge in [-0.2, -0.15) is 5.10 Å². The highest BCUT2D eigenvalue weighted by Crippen LogP contribution is 1.82. The molecule has 1 heterocycles. The maximum absolute atomic E-state index is 8.36. The van der Waals surface area contributed by atoms with Crippen LogP contribution in [0.5, 0.6) is 0 Å². The van der Waals surface area contributed by atoms with Crippen molar-refractivity contribution < 1.29 is 10.3 Å². The van der Waals surface area contributed by atoms with Crippen LogP contribution in [0.2, 0.25) is 0 Å². The zero-order valence-corrected chi connectivity index (χ0v) is 5.31. The van der Waals surface area contributed by atoms with Crippen molar-refractivity contribution >= 4 is 0 Å². The van der Waals surface area contributed by atoms with Crippen molar-refractivity contribution in [2.24, 2.45) is 0 Å². The molecule has 1 aromatic rings. The Hall–Kier alpha value is -1.59. The van der Waals surface area contributed by atoms with E-state index < -0.39 is 5.09 Å². The number of nitrogens with zero attached hydrogens (tertiary/aromatic N) is 2. The molecule has 0 aromatic carbocycles. The first-order valence-electron chi connectivity index (χ1n) is 2.42. The molecule has 0 fully saturated rings. The third-order valence-corrected chi connectivity index (χ3v) is 0.640. The average Bonchev–Trinajstić information content (AvgIpc) is 2.15. The maximum atomic E-state index is 8.36. The molecule has 10 heavy (non-hydrogen) atoms. The van der Waals surface area contributed by atoms with E-state index in [4.69, 9.17) is 15.3 Å². The van der Waals surface area contributed by atoms with Gasteiger partial charge in [0.1, 0.15) is 0 Å². The molecule has 6 heteroatoms. The van der Waals surface area contributed by atoms with E-state index in [1.54, 1.807) is 6.20 Å². The van der Waals surface area contributed by atoms with E-state index in [1.807, 2.05) is 13.0 Å². The van der Waals surface area contributed by atoms with Gasteiger partial charge in [-0.15, -0.1) is 10.1 Å². The van der Waals surface area contributed by atoms with Gasteiger partial charge < -0.3 is 5.21 Å². The van der Waals surface area contributed by atoms with Gasteiger partial charge in [-0.05, 0) is 13.0 Å². The standard InChI is InChI=1S/C4H6N2.HNO3/c1-4-2-3-5-6-4;2-1(3)4/h2-3H,1H3,(H,5,6);(H,2,3,4). The summed E-state index contributed by atoms with van der Waals surface area (Å²) in [5.74, 6) is 0. The number of H-pyrrole nitrogens is 1. The molecule has 0 radical (unpaired) electrons. The molecule has 1 aromatic heterocycles. The van der Waals surface area contributed by atoms with Gasteiger partial charge in [-0.25, -0.2) is 0 Å². The largest absolute Gasteiger partial charge is 0.328 e. The van der Waals surface area contributed by atoms with Gasteiger partial charge in [0.15, 0.2) is 0 Å². The number of hydrogen-bond donors (Lipinski definition) is 2. The smallest absolute Gasteiger partial charge is 0.291 e. The highest BCUT2D eigenvalue weighted by Gasteiger charge is 1.74. The van der Waals surface area contributed by atoms with Crippen molar-refractivity contribution in [3.8, 4) is 0 Å². The molecule has 0 aliphatic heterocycles. The van der Waals surface area contributed by atoms with Crippen molar-refractivity contribution in [3.63, 3.8) is 0 Å². The van der Waals surface area contributed by atoms with Crippen LogP contribution in [0.15, 0.2) is 12.3 Å². The van der Waals surface area contributed by atoms with Crippen LogP contribution in [0.4, 0.5) is 0 Å². The Morgan fingerprint density at radius 1 is 1.90 bits per heavy atom. The van der Waals surface area contributed by atoms with Gasteiger partial charge >= 0.3 is 0 Å². The molecular weight excluding hydrogens is 138 g/mol. The lowest BCUT2D eigenvalue weighted by Crippen LogP contribution is -1.81. The van der Waals surface area contributed by atoms with Gasteiger partial charge in [0.25, 0.3) is 5.09 Å². The van der Waals surface area contributed by atoms with E-state index in [9.17, 15) is 0 Å². The summed E-state index contributed by atoms with van der Waals surface area (Å²) in [6, 6.07) is 1.92. The summed E-state index contributed by atoms with van der Waals surface area (Å²) in [5.41, 5.74) is 1.04. The summed E-state index contributed by atoms with van der Waals surface area (Å²) in [5, 5.41) is 20.1. The monoisotopic (exact) mass is 145 g/mol. The van der Waals surface area contributed by atoms with Gasteiger partial charge in [-0.1, -0.05) is 0 Å². The van der Waals surface area contributed by atoms with Crippen molar-refractivity contribution in [1.29, 1.82) is 0 Å². The molecule has 56 valence electrons. The highest BCUT2D eigenvalue weighted by molar-refractivity contribution is 4.91. The summed E-state index contributed by atoms with van der Waals surface area (Å²) in [6.45, 7) is 1.94. The summed E-state index contributed by atoms with van der Waals surface area (Å²) in [7, 11) is 0. The van der Waals surface area contributed by atoms with Crippen LogP contribution in [0.1, 0.15) is 5.69 Å². The Balaban J connectivity index is 0.000000180. The van der Waals surface area contributed by atoms with Gasteiger partial charge in [0.05, 0.1) is 5.69 Å². The second-order valence-corrected chi connectivity index (χ2v) is 1.45. The quantitative estimate of drug-likeness (QED) is 0.407. The molecule has 6 nitrogen and oxygen atoms in total. The van der Waals surface area contributed by atoms with E-state index in [0.717, 1.165) is 5.69 Å². The van der Waals surface area contributed by atoms with Crippen LogP contribution in [0.3, 0.4) is 0 Å². The zero-order chi connectivity index (χ0) is 7.98. The number of hydrogen-bond acceptors (Lipinski definition) is 3. The minimum atomic E-state index is -1.50. The first-order chi connectivity index (χ1) is 4.63. The summed E-state index contributed by atoms with van der Waals surface area (Å²) in [6.07, 6.45) is 1.80. The van der Waals surface area contributed by atoms with E-state index in [2.05, 4.69) is 10.2 Å². The SMILES string of the molecule is Cc1cc[nH]n1.O=[N+]([O-])O. The average molecular weight is 145 g/mol. The van der Waals surface area contributed by atoms with Crippen molar-refractivity contribution in [2.75, 3.05) is 0 Å². The van der Waals surface area contributed by atoms with Gasteiger partial charge in [0.2, 0.25) is 0 Å². The summed E-state index contributed by atoms with van der Waals surface area (Å²) in [4.78, 5) is 8.36. The number of nitrogens with one attached hydrogen (secondary N) is 1. The molecule has 0 aliphatic rings. The predicted molar refractivity (Wildman–Crippen MR) is 32.1 cm³/mol. The van der Waals surface area contributed by atoms with Crippen molar-refractivity contribution in [2.45, 2.75) is 6.92 Å². The number of aromatic amines is 1. The number of aromatic nitrogens is 2. The van der Waals surface area contributed by atoms with Crippen LogP contribution < -0.4 is 0 Å². The first kappa shape index (κ1) is 8.41. The van der Waals surface area contributed by atoms with Gasteiger partial charge in [0, 0.05) is 6.20 Å². The van der Waals surface area contributed by atoms with Crippen LogP contribution in [-0.2, 0) is 0 Å². The molecule has 2 N–H and O–H groups in total. The summed E-state index contributed by atoms with van der Waals surface area (Å²) < 4.78 is 0. The molecule has 1 rings (SSSR count). The van der Waals surface area contributed by atoms with E-state index in [-0.39, 0.29) is 0 Å². The predicted octanol–water partition coefficient (Wildman–Crippen LogP) is 0.370. The van der Waals surface area contributed by atoms with Crippen LogP contribution in [0.25, 0.3) is 0 Å². The molecule has 0 saturated carbocycles. The molecule has 0 amide bonds. The van der Waals surface area contributed by atoms with Crippen LogP contribution >= 0.6 is 0 Å². The minimum absolute atomic E-state index is 1.04. The lowest BCUT2D eigenvalue weighted by Gasteiger charge is -1.65. The van der Waals surface area contributed by atoms with E-state index in [0.29, 0.717) is 0 Å². The third-order valence-electron chi connectivity index (χ3n) is 0.640. The lowest BCUT2D eigenvalue weighted by atomic mass is 10.5. The fourth-order valence-corrected chi connectivity index (χ4v) is 0.334. The van der Waals surface area contributed by atoms with Gasteiger partial charge in [-0.3, -0.25) is 5.10 Å². The summed E-state index contributed by atoms with van der Waals surface area (Å²) >= 11 is 0. The Morgan fingerprint density at radius 3 is 2.50 bits per heavy atom. The minimum Gasteiger partial charge on any atom is -0.328 e. The Labute approximate surface area is 56.6 Å². The number of rotatable bonds is 0. The second-order valence-electron chi connectivity index (χ2n) is 1.45. The Morgan fingerprint density at radius 2 is 2.40 bits per heavy atom. The molecule has 0 bridgehead atoms. The topological polar surface area (TPSA) is 92.0 Å². The fraction of sp³-hybridized carbons (Fsp3) is 0.250. The van der Waals surface area contributed by atoms with Crippen LogP contribution in [-0.4, -0.2) is 20.5 Å². The van der Waals surface area contributed by atoms with Crippen LogP contribution in [0, 0.1) is 17.0 Å². The molecular formula is C4H7N3O3.